The summed E-state index contributed by atoms with van der Waals surface area (Å²) >= 11 is 1.71. The number of carbonyl (C=O) groups excluding carboxylic acids is 2. The second-order valence-electron chi connectivity index (χ2n) is 7.37. The van der Waals surface area contributed by atoms with Crippen LogP contribution in [0.4, 0.5) is 5.69 Å². The minimum Gasteiger partial charge on any atom is -0.340 e. The highest BCUT2D eigenvalue weighted by Crippen LogP contribution is 2.24. The van der Waals surface area contributed by atoms with Crippen LogP contribution in [0.1, 0.15) is 36.2 Å². The summed E-state index contributed by atoms with van der Waals surface area (Å²) in [6, 6.07) is 20.0. The summed E-state index contributed by atoms with van der Waals surface area (Å²) in [5.41, 5.74) is 2.41. The van der Waals surface area contributed by atoms with E-state index < -0.39 is 6.04 Å². The lowest BCUT2D eigenvalue weighted by atomic mass is 9.97. The quantitative estimate of drug-likeness (QED) is 0.458. The molecule has 2 amide bonds. The number of carbonyl (C=O) groups is 2. The molecule has 2 N–H and O–H groups in total. The second kappa shape index (κ2) is 11.3. The Balaban J connectivity index is 1.60. The lowest BCUT2D eigenvalue weighted by Crippen LogP contribution is -2.47. The molecule has 2 atom stereocenters. The molecule has 0 spiro atoms. The maximum Gasteiger partial charge on any atom is 0.251 e. The van der Waals surface area contributed by atoms with Crippen LogP contribution in [0.3, 0.4) is 0 Å². The third kappa shape index (κ3) is 6.69. The van der Waals surface area contributed by atoms with Gasteiger partial charge in [0, 0.05) is 34.3 Å². The first-order valence-corrected chi connectivity index (χ1v) is 11.3. The van der Waals surface area contributed by atoms with Gasteiger partial charge in [-0.3, -0.25) is 14.6 Å². The van der Waals surface area contributed by atoms with Crippen LogP contribution in [0.25, 0.3) is 0 Å². The number of anilines is 1. The van der Waals surface area contributed by atoms with Crippen molar-refractivity contribution in [3.63, 3.8) is 0 Å². The molecule has 160 valence electrons. The Hall–Kier alpha value is -3.12. The van der Waals surface area contributed by atoms with E-state index in [1.807, 2.05) is 62.5 Å². The summed E-state index contributed by atoms with van der Waals surface area (Å²) in [4.78, 5) is 30.7. The molecule has 0 radical (unpaired) electrons. The van der Waals surface area contributed by atoms with Crippen LogP contribution < -0.4 is 10.6 Å². The number of hydrogen-bond donors (Lipinski definition) is 2. The number of amides is 2. The molecule has 6 heteroatoms. The van der Waals surface area contributed by atoms with Crippen molar-refractivity contribution in [3.05, 3.63) is 90.3 Å². The van der Waals surface area contributed by atoms with Crippen LogP contribution in [0, 0.1) is 5.92 Å². The molecule has 5 nitrogen and oxygen atoms in total. The SMILES string of the molecule is CC[C@H](C)[C@H](NC(=O)c1ccccc1)C(=O)Nc1ccc(SCc2cccnc2)cc1. The lowest BCUT2D eigenvalue weighted by Gasteiger charge is -2.23. The Kier molecular flexibility index (Phi) is 8.24. The van der Waals surface area contributed by atoms with Crippen LogP contribution >= 0.6 is 11.8 Å². The first kappa shape index (κ1) is 22.6. The van der Waals surface area contributed by atoms with Crippen molar-refractivity contribution in [2.24, 2.45) is 5.92 Å². The molecule has 3 rings (SSSR count). The summed E-state index contributed by atoms with van der Waals surface area (Å²) in [5.74, 6) is 0.376. The van der Waals surface area contributed by atoms with Crippen LogP contribution in [-0.2, 0) is 10.5 Å². The summed E-state index contributed by atoms with van der Waals surface area (Å²) < 4.78 is 0. The smallest absolute Gasteiger partial charge is 0.251 e. The second-order valence-corrected chi connectivity index (χ2v) is 8.42. The maximum absolute atomic E-state index is 12.9. The Morgan fingerprint density at radius 2 is 1.74 bits per heavy atom. The number of aromatic nitrogens is 1. The first-order chi connectivity index (χ1) is 15.1. The Morgan fingerprint density at radius 3 is 2.39 bits per heavy atom. The molecule has 0 bridgehead atoms. The normalized spacial score (nSPS) is 12.6. The fraction of sp³-hybridized carbons (Fsp3) is 0.240. The number of benzene rings is 2. The molecule has 0 aliphatic carbocycles. The Morgan fingerprint density at radius 1 is 1.00 bits per heavy atom. The highest BCUT2D eigenvalue weighted by molar-refractivity contribution is 7.98. The summed E-state index contributed by atoms with van der Waals surface area (Å²) in [5, 5.41) is 5.84. The summed E-state index contributed by atoms with van der Waals surface area (Å²) in [6.45, 7) is 3.97. The van der Waals surface area contributed by atoms with Gasteiger partial charge < -0.3 is 10.6 Å². The van der Waals surface area contributed by atoms with E-state index in [0.29, 0.717) is 11.3 Å². The molecule has 3 aromatic rings. The fourth-order valence-electron chi connectivity index (χ4n) is 3.02. The van der Waals surface area contributed by atoms with Crippen LogP contribution in [-0.4, -0.2) is 22.8 Å². The predicted octanol–water partition coefficient (Wildman–Crippen LogP) is 5.16. The van der Waals surface area contributed by atoms with E-state index in [1.165, 1.54) is 0 Å². The molecule has 0 fully saturated rings. The summed E-state index contributed by atoms with van der Waals surface area (Å²) in [6.07, 6.45) is 4.40. The van der Waals surface area contributed by atoms with Crippen molar-refractivity contribution in [2.45, 2.75) is 37.0 Å². The highest BCUT2D eigenvalue weighted by atomic mass is 32.2. The van der Waals surface area contributed by atoms with Crippen molar-refractivity contribution < 1.29 is 9.59 Å². The average molecular weight is 434 g/mol. The van der Waals surface area contributed by atoms with Gasteiger partial charge in [-0.15, -0.1) is 11.8 Å². The molecule has 0 saturated heterocycles. The third-order valence-electron chi connectivity index (χ3n) is 5.07. The van der Waals surface area contributed by atoms with Crippen LogP contribution in [0.2, 0.25) is 0 Å². The van der Waals surface area contributed by atoms with E-state index in [9.17, 15) is 9.59 Å². The number of pyridine rings is 1. The molecule has 31 heavy (non-hydrogen) atoms. The van der Waals surface area contributed by atoms with Gasteiger partial charge in [0.1, 0.15) is 6.04 Å². The van der Waals surface area contributed by atoms with E-state index in [-0.39, 0.29) is 17.7 Å². The zero-order valence-electron chi connectivity index (χ0n) is 17.7. The van der Waals surface area contributed by atoms with Gasteiger partial charge in [0.15, 0.2) is 0 Å². The number of nitrogens with zero attached hydrogens (tertiary/aromatic N) is 1. The zero-order valence-corrected chi connectivity index (χ0v) is 18.6. The molecule has 2 aromatic carbocycles. The van der Waals surface area contributed by atoms with Gasteiger partial charge in [-0.1, -0.05) is 44.5 Å². The van der Waals surface area contributed by atoms with Crippen molar-refractivity contribution in [3.8, 4) is 0 Å². The first-order valence-electron chi connectivity index (χ1n) is 10.4. The minimum absolute atomic E-state index is 0.00183. The predicted molar refractivity (Wildman–Crippen MR) is 126 cm³/mol. The summed E-state index contributed by atoms with van der Waals surface area (Å²) in [7, 11) is 0. The van der Waals surface area contributed by atoms with E-state index in [4.69, 9.17) is 0 Å². The fourth-order valence-corrected chi connectivity index (χ4v) is 3.85. The van der Waals surface area contributed by atoms with Gasteiger partial charge in [0.2, 0.25) is 5.91 Å². The van der Waals surface area contributed by atoms with E-state index in [0.717, 1.165) is 22.6 Å². The molecular weight excluding hydrogens is 406 g/mol. The van der Waals surface area contributed by atoms with E-state index >= 15 is 0 Å². The highest BCUT2D eigenvalue weighted by Gasteiger charge is 2.26. The Bertz CT molecular complexity index is 979. The number of hydrogen-bond acceptors (Lipinski definition) is 4. The van der Waals surface area contributed by atoms with Crippen LogP contribution in [0.5, 0.6) is 0 Å². The molecule has 0 saturated carbocycles. The van der Waals surface area contributed by atoms with Crippen molar-refractivity contribution in [1.82, 2.24) is 10.3 Å². The topological polar surface area (TPSA) is 71.1 Å². The van der Waals surface area contributed by atoms with Gasteiger partial charge in [-0.05, 0) is 53.9 Å². The monoisotopic (exact) mass is 433 g/mol. The molecule has 0 aliphatic heterocycles. The molecule has 1 aromatic heterocycles. The molecule has 0 unspecified atom stereocenters. The average Bonchev–Trinajstić information content (AvgIpc) is 2.82. The van der Waals surface area contributed by atoms with Crippen molar-refractivity contribution in [2.75, 3.05) is 5.32 Å². The standard InChI is InChI=1S/C25H27N3O2S/c1-3-18(2)23(28-24(29)20-9-5-4-6-10-20)25(30)27-21-11-13-22(14-12-21)31-17-19-8-7-15-26-16-19/h4-16,18,23H,3,17H2,1-2H3,(H,27,30)(H,28,29)/t18-,23-/m0/s1. The van der Waals surface area contributed by atoms with Gasteiger partial charge in [0.25, 0.3) is 5.91 Å². The molecule has 0 aliphatic rings. The van der Waals surface area contributed by atoms with Gasteiger partial charge in [-0.25, -0.2) is 0 Å². The zero-order chi connectivity index (χ0) is 22.1. The maximum atomic E-state index is 12.9. The molecular formula is C25H27N3O2S. The van der Waals surface area contributed by atoms with Gasteiger partial charge >= 0.3 is 0 Å². The number of nitrogens with one attached hydrogen (secondary N) is 2. The molecule has 1 heterocycles. The van der Waals surface area contributed by atoms with E-state index in [2.05, 4.69) is 15.6 Å². The van der Waals surface area contributed by atoms with Crippen molar-refractivity contribution >= 4 is 29.3 Å². The minimum atomic E-state index is -0.614. The van der Waals surface area contributed by atoms with Gasteiger partial charge in [0.05, 0.1) is 0 Å². The Labute approximate surface area is 187 Å². The van der Waals surface area contributed by atoms with Crippen LogP contribution in [0.15, 0.2) is 84.0 Å². The van der Waals surface area contributed by atoms with E-state index in [1.54, 1.807) is 42.2 Å². The van der Waals surface area contributed by atoms with Gasteiger partial charge in [-0.2, -0.15) is 0 Å². The number of thioether (sulfide) groups is 1. The third-order valence-corrected chi connectivity index (χ3v) is 6.15. The lowest BCUT2D eigenvalue weighted by molar-refractivity contribution is -0.119. The van der Waals surface area contributed by atoms with Crippen molar-refractivity contribution in [1.29, 1.82) is 0 Å². The largest absolute Gasteiger partial charge is 0.340 e. The number of rotatable bonds is 9.